The molecule has 0 bridgehead atoms. The van der Waals surface area contributed by atoms with Crippen molar-refractivity contribution < 1.29 is 4.74 Å². The topological polar surface area (TPSA) is 68.8 Å². The van der Waals surface area contributed by atoms with Gasteiger partial charge in [-0.05, 0) is 50.1 Å². The Balaban J connectivity index is 1.14. The van der Waals surface area contributed by atoms with Gasteiger partial charge in [-0.25, -0.2) is 4.98 Å². The molecule has 0 saturated carbocycles. The lowest BCUT2D eigenvalue weighted by Crippen LogP contribution is -2.52. The quantitative estimate of drug-likeness (QED) is 0.479. The average Bonchev–Trinajstić information content (AvgIpc) is 3.57. The largest absolute Gasteiger partial charge is 0.381 e. The SMILES string of the molecule is CC(C1CSC(c2cc3cc(Cl)cc(NC4CCOCC4)c3[nH]2)=N1)N1CCN(c2ccccn2)CC1. The number of ether oxygens (including phenoxy) is 1. The monoisotopic (exact) mass is 524 g/mol. The highest BCUT2D eigenvalue weighted by Crippen LogP contribution is 2.33. The molecular formula is C27H33ClN6OS. The summed E-state index contributed by atoms with van der Waals surface area (Å²) < 4.78 is 5.52. The van der Waals surface area contributed by atoms with Crippen LogP contribution in [-0.2, 0) is 4.74 Å². The number of thioether (sulfide) groups is 1. The highest BCUT2D eigenvalue weighted by molar-refractivity contribution is 8.14. The van der Waals surface area contributed by atoms with E-state index in [0.29, 0.717) is 18.1 Å². The van der Waals surface area contributed by atoms with Crippen LogP contribution in [0.3, 0.4) is 0 Å². The van der Waals surface area contributed by atoms with Crippen LogP contribution < -0.4 is 10.2 Å². The minimum atomic E-state index is 0.293. The Hall–Kier alpha value is -2.26. The van der Waals surface area contributed by atoms with Gasteiger partial charge in [0.05, 0.1) is 22.9 Å². The van der Waals surface area contributed by atoms with Crippen LogP contribution in [0.4, 0.5) is 11.5 Å². The molecule has 9 heteroatoms. The number of hydrogen-bond acceptors (Lipinski definition) is 7. The summed E-state index contributed by atoms with van der Waals surface area (Å²) >= 11 is 8.34. The van der Waals surface area contributed by atoms with Gasteiger partial charge in [0.1, 0.15) is 10.9 Å². The molecule has 1 aromatic carbocycles. The predicted octanol–water partition coefficient (Wildman–Crippen LogP) is 4.88. The second-order valence-corrected chi connectivity index (χ2v) is 11.3. The first-order valence-corrected chi connectivity index (χ1v) is 14.3. The first kappa shape index (κ1) is 24.1. The molecule has 3 aliphatic rings. The van der Waals surface area contributed by atoms with Crippen molar-refractivity contribution in [1.29, 1.82) is 0 Å². The second kappa shape index (κ2) is 10.6. The summed E-state index contributed by atoms with van der Waals surface area (Å²) in [5.41, 5.74) is 3.25. The number of nitrogens with one attached hydrogen (secondary N) is 2. The summed E-state index contributed by atoms with van der Waals surface area (Å²) in [6, 6.07) is 13.5. The molecule has 2 atom stereocenters. The molecule has 0 spiro atoms. The van der Waals surface area contributed by atoms with Crippen molar-refractivity contribution in [2.24, 2.45) is 4.99 Å². The maximum Gasteiger partial charge on any atom is 0.128 e. The minimum absolute atomic E-state index is 0.293. The molecule has 7 nitrogen and oxygen atoms in total. The number of H-pyrrole nitrogens is 1. The Morgan fingerprint density at radius 2 is 1.97 bits per heavy atom. The lowest BCUT2D eigenvalue weighted by Gasteiger charge is -2.39. The van der Waals surface area contributed by atoms with Gasteiger partial charge in [0.2, 0.25) is 0 Å². The number of benzene rings is 1. The van der Waals surface area contributed by atoms with Crippen molar-refractivity contribution >= 4 is 50.8 Å². The van der Waals surface area contributed by atoms with Crippen LogP contribution >= 0.6 is 23.4 Å². The number of aromatic nitrogens is 2. The fourth-order valence-electron chi connectivity index (χ4n) is 5.42. The van der Waals surface area contributed by atoms with E-state index in [2.05, 4.69) is 50.2 Å². The number of halogens is 1. The number of aliphatic imine (C=N–C) groups is 1. The van der Waals surface area contributed by atoms with Crippen LogP contribution in [0.25, 0.3) is 10.9 Å². The van der Waals surface area contributed by atoms with E-state index in [0.717, 1.165) is 96.2 Å². The van der Waals surface area contributed by atoms with Crippen molar-refractivity contribution in [2.45, 2.75) is 37.9 Å². The normalized spacial score (nSPS) is 22.7. The van der Waals surface area contributed by atoms with Crippen LogP contribution in [0, 0.1) is 0 Å². The van der Waals surface area contributed by atoms with E-state index in [1.807, 2.05) is 36.2 Å². The molecular weight excluding hydrogens is 492 g/mol. The summed E-state index contributed by atoms with van der Waals surface area (Å²) in [5, 5.41) is 6.67. The fourth-order valence-corrected chi connectivity index (χ4v) is 6.81. The summed E-state index contributed by atoms with van der Waals surface area (Å²) in [6.45, 7) is 8.03. The van der Waals surface area contributed by atoms with E-state index < -0.39 is 0 Å². The Bertz CT molecular complexity index is 1220. The number of anilines is 2. The molecule has 3 aromatic rings. The predicted molar refractivity (Wildman–Crippen MR) is 151 cm³/mol. The van der Waals surface area contributed by atoms with Gasteiger partial charge in [-0.3, -0.25) is 9.89 Å². The fraction of sp³-hybridized carbons (Fsp3) is 0.481. The van der Waals surface area contributed by atoms with Gasteiger partial charge in [0.15, 0.2) is 0 Å². The molecule has 2 fully saturated rings. The van der Waals surface area contributed by atoms with E-state index in [4.69, 9.17) is 21.3 Å². The molecule has 6 rings (SSSR count). The van der Waals surface area contributed by atoms with Crippen LogP contribution in [0.2, 0.25) is 5.02 Å². The van der Waals surface area contributed by atoms with E-state index in [1.165, 1.54) is 0 Å². The van der Waals surface area contributed by atoms with Crippen LogP contribution in [-0.4, -0.2) is 83.2 Å². The molecule has 3 aliphatic heterocycles. The Morgan fingerprint density at radius 3 is 2.75 bits per heavy atom. The van der Waals surface area contributed by atoms with Gasteiger partial charge >= 0.3 is 0 Å². The van der Waals surface area contributed by atoms with E-state index in [-0.39, 0.29) is 0 Å². The van der Waals surface area contributed by atoms with Crippen molar-refractivity contribution in [1.82, 2.24) is 14.9 Å². The number of hydrogen-bond donors (Lipinski definition) is 2. The zero-order valence-electron chi connectivity index (χ0n) is 20.6. The van der Waals surface area contributed by atoms with Crippen LogP contribution in [0.5, 0.6) is 0 Å². The third-order valence-electron chi connectivity index (χ3n) is 7.60. The van der Waals surface area contributed by atoms with Crippen molar-refractivity contribution in [3.05, 3.63) is 53.3 Å². The third kappa shape index (κ3) is 5.09. The smallest absolute Gasteiger partial charge is 0.128 e. The molecule has 2 aromatic heterocycles. The van der Waals surface area contributed by atoms with Crippen molar-refractivity contribution in [3.63, 3.8) is 0 Å². The van der Waals surface area contributed by atoms with E-state index in [9.17, 15) is 0 Å². The number of fused-ring (bicyclic) bond motifs is 1. The zero-order chi connectivity index (χ0) is 24.5. The highest BCUT2D eigenvalue weighted by Gasteiger charge is 2.31. The molecule has 2 saturated heterocycles. The lowest BCUT2D eigenvalue weighted by atomic mass is 10.1. The van der Waals surface area contributed by atoms with Crippen LogP contribution in [0.1, 0.15) is 25.5 Å². The standard InChI is InChI=1S/C27H33ClN6OS/c1-18(33-8-10-34(11-9-33)25-4-2-3-7-29-25)24-17-36-27(32-24)23-15-19-14-20(28)16-22(26(19)31-23)30-21-5-12-35-13-6-21/h2-4,7,14-16,18,21,24,30-31H,5-6,8-13,17H2,1H3. The molecule has 190 valence electrons. The average molecular weight is 525 g/mol. The summed E-state index contributed by atoms with van der Waals surface area (Å²) in [5.74, 6) is 2.09. The molecule has 0 aliphatic carbocycles. The Morgan fingerprint density at radius 1 is 1.14 bits per heavy atom. The van der Waals surface area contributed by atoms with Gasteiger partial charge in [0, 0.05) is 73.8 Å². The molecule has 5 heterocycles. The zero-order valence-corrected chi connectivity index (χ0v) is 22.2. The third-order valence-corrected chi connectivity index (χ3v) is 8.92. The lowest BCUT2D eigenvalue weighted by molar-refractivity contribution is 0.0905. The first-order valence-electron chi connectivity index (χ1n) is 12.9. The van der Waals surface area contributed by atoms with E-state index >= 15 is 0 Å². The van der Waals surface area contributed by atoms with E-state index in [1.54, 1.807) is 0 Å². The summed E-state index contributed by atoms with van der Waals surface area (Å²) in [6.07, 6.45) is 3.90. The van der Waals surface area contributed by atoms with Crippen molar-refractivity contribution in [2.75, 3.05) is 55.4 Å². The maximum atomic E-state index is 6.48. The second-order valence-electron chi connectivity index (χ2n) is 9.90. The minimum Gasteiger partial charge on any atom is -0.381 e. The van der Waals surface area contributed by atoms with Gasteiger partial charge in [-0.2, -0.15) is 0 Å². The molecule has 2 unspecified atom stereocenters. The summed E-state index contributed by atoms with van der Waals surface area (Å²) in [4.78, 5) is 18.3. The highest BCUT2D eigenvalue weighted by atomic mass is 35.5. The van der Waals surface area contributed by atoms with Gasteiger partial charge in [-0.15, -0.1) is 11.8 Å². The molecule has 0 radical (unpaired) electrons. The van der Waals surface area contributed by atoms with Gasteiger partial charge < -0.3 is 19.9 Å². The number of piperazine rings is 1. The molecule has 36 heavy (non-hydrogen) atoms. The number of pyridine rings is 1. The van der Waals surface area contributed by atoms with Gasteiger partial charge in [0.25, 0.3) is 0 Å². The molecule has 0 amide bonds. The number of nitrogens with zero attached hydrogens (tertiary/aromatic N) is 4. The molecule has 2 N–H and O–H groups in total. The summed E-state index contributed by atoms with van der Waals surface area (Å²) in [7, 11) is 0. The number of aromatic amines is 1. The van der Waals surface area contributed by atoms with Crippen LogP contribution in [0.15, 0.2) is 47.6 Å². The van der Waals surface area contributed by atoms with Gasteiger partial charge in [-0.1, -0.05) is 17.7 Å². The Kier molecular flexibility index (Phi) is 7.11. The first-order chi connectivity index (χ1) is 17.6. The maximum absolute atomic E-state index is 6.48. The number of rotatable bonds is 6. The van der Waals surface area contributed by atoms with Crippen molar-refractivity contribution in [3.8, 4) is 0 Å². The Labute approximate surface area is 221 Å².